The highest BCUT2D eigenvalue weighted by atomic mass is 16.3. The van der Waals surface area contributed by atoms with Crippen LogP contribution in [0.15, 0.2) is 0 Å². The molecular weight excluding hydrogens is 222 g/mol. The van der Waals surface area contributed by atoms with Crippen LogP contribution in [0.3, 0.4) is 0 Å². The maximum absolute atomic E-state index is 12.1. The van der Waals surface area contributed by atoms with Gasteiger partial charge in [0.25, 0.3) is 0 Å². The van der Waals surface area contributed by atoms with Gasteiger partial charge in [0, 0.05) is 13.1 Å². The van der Waals surface area contributed by atoms with Gasteiger partial charge in [-0.05, 0) is 12.8 Å². The lowest BCUT2D eigenvalue weighted by molar-refractivity contribution is -0.156. The van der Waals surface area contributed by atoms with E-state index in [-0.39, 0.29) is 18.4 Å². The van der Waals surface area contributed by atoms with Gasteiger partial charge in [-0.1, -0.05) is 12.8 Å². The molecule has 2 aliphatic rings. The minimum absolute atomic E-state index is 0.0853. The number of nitrogens with zero attached hydrogens (tertiary/aromatic N) is 1. The number of aliphatic hydroxyl groups is 1. The van der Waals surface area contributed by atoms with Gasteiger partial charge in [-0.15, -0.1) is 0 Å². The number of nitrogens with one attached hydrogen (secondary N) is 1. The molecule has 0 aromatic heterocycles. The summed E-state index contributed by atoms with van der Waals surface area (Å²) in [6.07, 6.45) is 3.56. The van der Waals surface area contributed by atoms with Crippen LogP contribution in [-0.4, -0.2) is 53.1 Å². The summed E-state index contributed by atoms with van der Waals surface area (Å²) in [5, 5.41) is 11.7. The largest absolute Gasteiger partial charge is 0.394 e. The average Bonchev–Trinajstić information content (AvgIpc) is 2.59. The van der Waals surface area contributed by atoms with E-state index in [0.717, 1.165) is 19.3 Å². The van der Waals surface area contributed by atoms with Crippen molar-refractivity contribution in [1.82, 2.24) is 10.2 Å². The fraction of sp³-hybridized carbons (Fsp3) is 0.818. The van der Waals surface area contributed by atoms with Crippen molar-refractivity contribution in [2.45, 2.75) is 37.3 Å². The summed E-state index contributed by atoms with van der Waals surface area (Å²) < 4.78 is 0. The highest BCUT2D eigenvalue weighted by Gasteiger charge is 2.53. The minimum Gasteiger partial charge on any atom is -0.394 e. The van der Waals surface area contributed by atoms with Crippen LogP contribution in [0.4, 0.5) is 0 Å². The zero-order chi connectivity index (χ0) is 12.5. The number of nitrogens with two attached hydrogens (primary N) is 1. The number of aliphatic hydroxyl groups excluding tert-OH is 1. The van der Waals surface area contributed by atoms with Gasteiger partial charge in [0.05, 0.1) is 6.61 Å². The summed E-state index contributed by atoms with van der Waals surface area (Å²) >= 11 is 0. The second kappa shape index (κ2) is 4.62. The summed E-state index contributed by atoms with van der Waals surface area (Å²) in [6, 6.07) is -0.918. The van der Waals surface area contributed by atoms with Crippen molar-refractivity contribution in [3.8, 4) is 0 Å². The summed E-state index contributed by atoms with van der Waals surface area (Å²) in [4.78, 5) is 25.5. The van der Waals surface area contributed by atoms with E-state index < -0.39 is 11.6 Å². The maximum Gasteiger partial charge on any atom is 0.247 e. The lowest BCUT2D eigenvalue weighted by atomic mass is 9.84. The molecule has 4 N–H and O–H groups in total. The van der Waals surface area contributed by atoms with Crippen LogP contribution >= 0.6 is 0 Å². The highest BCUT2D eigenvalue weighted by molar-refractivity contribution is 5.97. The number of hydrogen-bond donors (Lipinski definition) is 3. The Hall–Kier alpha value is -1.14. The van der Waals surface area contributed by atoms with E-state index in [4.69, 9.17) is 10.8 Å². The SMILES string of the molecule is N[C@@H](CO)C(=O)N1CCCCCC12CNC2=O. The number of amides is 2. The van der Waals surface area contributed by atoms with Crippen LogP contribution in [0.2, 0.25) is 0 Å². The number of hydrogen-bond acceptors (Lipinski definition) is 4. The number of carbonyl (C=O) groups excluding carboxylic acids is 2. The van der Waals surface area contributed by atoms with Crippen LogP contribution in [0.1, 0.15) is 25.7 Å². The third-order valence-electron chi connectivity index (χ3n) is 3.73. The van der Waals surface area contributed by atoms with Crippen molar-refractivity contribution in [2.24, 2.45) is 5.73 Å². The Labute approximate surface area is 100 Å². The molecule has 17 heavy (non-hydrogen) atoms. The summed E-state index contributed by atoms with van der Waals surface area (Å²) in [7, 11) is 0. The van der Waals surface area contributed by atoms with Crippen molar-refractivity contribution >= 4 is 11.8 Å². The standard InChI is InChI=1S/C11H19N3O3/c12-8(6-15)9(16)14-5-3-1-2-4-11(14)7-13-10(11)17/h8,15H,1-7,12H2,(H,13,17)/t8-,11?/m0/s1. The predicted molar refractivity (Wildman–Crippen MR) is 61.0 cm³/mol. The Morgan fingerprint density at radius 3 is 2.82 bits per heavy atom. The van der Waals surface area contributed by atoms with E-state index >= 15 is 0 Å². The van der Waals surface area contributed by atoms with Crippen molar-refractivity contribution in [1.29, 1.82) is 0 Å². The van der Waals surface area contributed by atoms with Crippen LogP contribution in [0, 0.1) is 0 Å². The lowest BCUT2D eigenvalue weighted by Gasteiger charge is -2.48. The Morgan fingerprint density at radius 2 is 2.29 bits per heavy atom. The Morgan fingerprint density at radius 1 is 1.53 bits per heavy atom. The van der Waals surface area contributed by atoms with Crippen molar-refractivity contribution < 1.29 is 14.7 Å². The van der Waals surface area contributed by atoms with Crippen LogP contribution < -0.4 is 11.1 Å². The third-order valence-corrected chi connectivity index (χ3v) is 3.73. The normalized spacial score (nSPS) is 30.5. The van der Waals surface area contributed by atoms with E-state index in [1.165, 1.54) is 0 Å². The van der Waals surface area contributed by atoms with Crippen molar-refractivity contribution in [2.75, 3.05) is 19.7 Å². The van der Waals surface area contributed by atoms with Crippen molar-refractivity contribution in [3.63, 3.8) is 0 Å². The second-order valence-electron chi connectivity index (χ2n) is 4.80. The molecule has 0 saturated carbocycles. The van der Waals surface area contributed by atoms with Gasteiger partial charge in [-0.2, -0.15) is 0 Å². The Kier molecular flexibility index (Phi) is 3.35. The molecule has 2 rings (SSSR count). The first-order chi connectivity index (χ1) is 8.12. The molecule has 1 spiro atoms. The summed E-state index contributed by atoms with van der Waals surface area (Å²) in [6.45, 7) is 0.683. The predicted octanol–water partition coefficient (Wildman–Crippen LogP) is -1.42. The van der Waals surface area contributed by atoms with Crippen LogP contribution in [0.5, 0.6) is 0 Å². The van der Waals surface area contributed by atoms with E-state index in [1.807, 2.05) is 0 Å². The maximum atomic E-state index is 12.1. The van der Waals surface area contributed by atoms with Gasteiger partial charge in [-0.25, -0.2) is 0 Å². The first-order valence-electron chi connectivity index (χ1n) is 6.08. The quantitative estimate of drug-likeness (QED) is 0.517. The number of rotatable bonds is 2. The number of β-lactam (4-membered cyclic amide) rings is 1. The minimum atomic E-state index is -0.918. The van der Waals surface area contributed by atoms with Gasteiger partial charge >= 0.3 is 0 Å². The molecular formula is C11H19N3O3. The third kappa shape index (κ3) is 1.91. The molecule has 2 saturated heterocycles. The van der Waals surface area contributed by atoms with Crippen molar-refractivity contribution in [3.05, 3.63) is 0 Å². The molecule has 2 heterocycles. The summed E-state index contributed by atoms with van der Waals surface area (Å²) in [5.74, 6) is -0.401. The molecule has 6 heteroatoms. The highest BCUT2D eigenvalue weighted by Crippen LogP contribution is 2.32. The second-order valence-corrected chi connectivity index (χ2v) is 4.80. The molecule has 0 aromatic rings. The molecule has 0 aliphatic carbocycles. The molecule has 1 unspecified atom stereocenters. The number of likely N-dealkylation sites (tertiary alicyclic amines) is 1. The fourth-order valence-electron chi connectivity index (χ4n) is 2.60. The fourth-order valence-corrected chi connectivity index (χ4v) is 2.60. The van der Waals surface area contributed by atoms with Gasteiger partial charge < -0.3 is 21.1 Å². The number of carbonyl (C=O) groups is 2. The Balaban J connectivity index is 2.21. The molecule has 2 atom stereocenters. The molecule has 2 aliphatic heterocycles. The molecule has 0 bridgehead atoms. The van der Waals surface area contributed by atoms with E-state index in [0.29, 0.717) is 19.5 Å². The van der Waals surface area contributed by atoms with Gasteiger partial charge in [0.2, 0.25) is 11.8 Å². The van der Waals surface area contributed by atoms with E-state index in [2.05, 4.69) is 5.32 Å². The van der Waals surface area contributed by atoms with Gasteiger partial charge in [0.15, 0.2) is 0 Å². The topological polar surface area (TPSA) is 95.7 Å². The average molecular weight is 241 g/mol. The molecule has 96 valence electrons. The van der Waals surface area contributed by atoms with Gasteiger partial charge in [0.1, 0.15) is 11.6 Å². The molecule has 0 aromatic carbocycles. The van der Waals surface area contributed by atoms with E-state index in [9.17, 15) is 9.59 Å². The molecule has 0 radical (unpaired) electrons. The molecule has 2 amide bonds. The monoisotopic (exact) mass is 241 g/mol. The first-order valence-corrected chi connectivity index (χ1v) is 6.08. The van der Waals surface area contributed by atoms with E-state index in [1.54, 1.807) is 4.90 Å². The zero-order valence-corrected chi connectivity index (χ0v) is 9.82. The smallest absolute Gasteiger partial charge is 0.247 e. The summed E-state index contributed by atoms with van der Waals surface area (Å²) in [5.41, 5.74) is 4.88. The molecule has 2 fully saturated rings. The van der Waals surface area contributed by atoms with Gasteiger partial charge in [-0.3, -0.25) is 9.59 Å². The van der Waals surface area contributed by atoms with Crippen LogP contribution in [-0.2, 0) is 9.59 Å². The lowest BCUT2D eigenvalue weighted by Crippen LogP contribution is -2.75. The zero-order valence-electron chi connectivity index (χ0n) is 9.82. The first kappa shape index (κ1) is 12.3. The molecule has 6 nitrogen and oxygen atoms in total. The van der Waals surface area contributed by atoms with Crippen LogP contribution in [0.25, 0.3) is 0 Å². The Bertz CT molecular complexity index is 334.